The van der Waals surface area contributed by atoms with Crippen LogP contribution in [0.1, 0.15) is 0 Å². The summed E-state index contributed by atoms with van der Waals surface area (Å²) in [4.78, 5) is 24.3. The van der Waals surface area contributed by atoms with Crippen molar-refractivity contribution < 1.29 is 28.5 Å². The van der Waals surface area contributed by atoms with Crippen LogP contribution in [0.25, 0.3) is 0 Å². The molecule has 0 N–H and O–H groups in total. The van der Waals surface area contributed by atoms with Crippen molar-refractivity contribution in [2.45, 2.75) is 23.4 Å². The summed E-state index contributed by atoms with van der Waals surface area (Å²) in [6.45, 7) is 7.03. The van der Waals surface area contributed by atoms with E-state index in [-0.39, 0.29) is 30.3 Å². The van der Waals surface area contributed by atoms with Gasteiger partial charge in [0.05, 0.1) is 0 Å². The van der Waals surface area contributed by atoms with Crippen LogP contribution in [-0.2, 0) is 28.5 Å². The second kappa shape index (κ2) is 5.25. The van der Waals surface area contributed by atoms with Gasteiger partial charge in [-0.3, -0.25) is 0 Å². The molecule has 1 aliphatic carbocycles. The van der Waals surface area contributed by atoms with Crippen molar-refractivity contribution in [2.75, 3.05) is 13.2 Å². The van der Waals surface area contributed by atoms with Crippen LogP contribution in [-0.4, -0.2) is 59.5 Å². The van der Waals surface area contributed by atoms with Crippen LogP contribution in [0.3, 0.4) is 0 Å². The van der Waals surface area contributed by atoms with Crippen molar-refractivity contribution in [3.8, 4) is 0 Å². The van der Waals surface area contributed by atoms with Crippen LogP contribution in [0.2, 0.25) is 0 Å². The second-order valence-corrected chi connectivity index (χ2v) is 4.73. The Balaban J connectivity index is 0.00000161. The lowest BCUT2D eigenvalue weighted by atomic mass is 9.84. The largest absolute Gasteiger partial charge is 0.459 e. The number of epoxide rings is 2. The Labute approximate surface area is 126 Å². The lowest BCUT2D eigenvalue weighted by molar-refractivity contribution is -0.152. The lowest BCUT2D eigenvalue weighted by Crippen LogP contribution is -2.46. The highest BCUT2D eigenvalue weighted by Gasteiger charge is 2.89. The summed E-state index contributed by atoms with van der Waals surface area (Å²) in [5, 5.41) is 0. The molecule has 2 saturated heterocycles. The van der Waals surface area contributed by atoms with E-state index in [1.165, 1.54) is 18.2 Å². The second-order valence-electron chi connectivity index (χ2n) is 4.73. The number of carbonyl (C=O) groups excluding carboxylic acids is 2. The summed E-state index contributed by atoms with van der Waals surface area (Å²) in [6, 6.07) is 0. The van der Waals surface area contributed by atoms with E-state index >= 15 is 0 Å². The first-order valence-electron chi connectivity index (χ1n) is 6.23. The van der Waals surface area contributed by atoms with Gasteiger partial charge in [-0.1, -0.05) is 31.4 Å². The van der Waals surface area contributed by atoms with Gasteiger partial charge in [0.1, 0.15) is 25.4 Å². The number of rotatable bonds is 6. The fourth-order valence-electron chi connectivity index (χ4n) is 2.54. The number of ether oxygens (including phenoxy) is 4. The van der Waals surface area contributed by atoms with E-state index in [0.29, 0.717) is 0 Å². The van der Waals surface area contributed by atoms with Gasteiger partial charge in [0, 0.05) is 11.0 Å². The molecule has 0 spiro atoms. The fraction of sp³-hybridized carbons (Fsp3) is 0.429. The lowest BCUT2D eigenvalue weighted by Gasteiger charge is -2.15. The van der Waals surface area contributed by atoms with Gasteiger partial charge in [0.25, 0.3) is 0 Å². The van der Waals surface area contributed by atoms with E-state index in [9.17, 15) is 9.59 Å². The molecule has 2 aliphatic heterocycles. The number of carbonyl (C=O) groups is 2. The monoisotopic (exact) mass is 306 g/mol. The highest BCUT2D eigenvalue weighted by molar-refractivity contribution is 6.01. The molecule has 0 aromatic carbocycles. The molecule has 21 heavy (non-hydrogen) atoms. The molecule has 0 saturated carbocycles. The van der Waals surface area contributed by atoms with Crippen molar-refractivity contribution in [1.29, 1.82) is 0 Å². The summed E-state index contributed by atoms with van der Waals surface area (Å²) in [6.07, 6.45) is 5.39. The van der Waals surface area contributed by atoms with Gasteiger partial charge in [-0.05, 0) is 6.08 Å². The molecule has 0 bridgehead atoms. The smallest absolute Gasteiger partial charge is 0.346 e. The van der Waals surface area contributed by atoms with Crippen molar-refractivity contribution >= 4 is 22.9 Å². The SMILES string of the molecule is C=CCOC(=O)C12C=CC3OC3C1(C(=O)OCC=C)O2.[Si]. The van der Waals surface area contributed by atoms with Crippen LogP contribution in [0.5, 0.6) is 0 Å². The maximum atomic E-state index is 12.2. The maximum Gasteiger partial charge on any atom is 0.346 e. The predicted octanol–water partition coefficient (Wildman–Crippen LogP) is -0.0910. The van der Waals surface area contributed by atoms with E-state index in [2.05, 4.69) is 13.2 Å². The molecule has 3 rings (SSSR count). The molecule has 4 radical (unpaired) electrons. The van der Waals surface area contributed by atoms with E-state index in [4.69, 9.17) is 18.9 Å². The summed E-state index contributed by atoms with van der Waals surface area (Å²) in [5.74, 6) is -1.28. The quantitative estimate of drug-likeness (QED) is 0.295. The van der Waals surface area contributed by atoms with Crippen molar-refractivity contribution in [3.05, 3.63) is 37.5 Å². The Hall–Kier alpha value is -1.70. The van der Waals surface area contributed by atoms with Gasteiger partial charge in [0.2, 0.25) is 11.2 Å². The molecule has 3 aliphatic rings. The van der Waals surface area contributed by atoms with Gasteiger partial charge < -0.3 is 18.9 Å². The molecule has 4 unspecified atom stereocenters. The number of fused-ring (bicyclic) bond motifs is 3. The molecule has 2 fully saturated rings. The fourth-order valence-corrected chi connectivity index (χ4v) is 2.54. The summed E-state index contributed by atoms with van der Waals surface area (Å²) >= 11 is 0. The van der Waals surface area contributed by atoms with Gasteiger partial charge in [0.15, 0.2) is 0 Å². The Morgan fingerprint density at radius 2 is 1.81 bits per heavy atom. The summed E-state index contributed by atoms with van der Waals surface area (Å²) < 4.78 is 20.9. The number of hydrogen-bond donors (Lipinski definition) is 0. The Kier molecular flexibility index (Phi) is 3.92. The zero-order valence-electron chi connectivity index (χ0n) is 11.2. The Morgan fingerprint density at radius 3 is 2.43 bits per heavy atom. The molecule has 0 aromatic rings. The van der Waals surface area contributed by atoms with E-state index in [1.54, 1.807) is 6.08 Å². The van der Waals surface area contributed by atoms with Crippen LogP contribution >= 0.6 is 0 Å². The topological polar surface area (TPSA) is 77.7 Å². The maximum absolute atomic E-state index is 12.2. The minimum Gasteiger partial charge on any atom is -0.459 e. The average Bonchev–Trinajstić information content (AvgIpc) is 3.31. The predicted molar refractivity (Wildman–Crippen MR) is 72.4 cm³/mol. The van der Waals surface area contributed by atoms with E-state index < -0.39 is 29.2 Å². The van der Waals surface area contributed by atoms with Gasteiger partial charge in [-0.25, -0.2) is 9.59 Å². The van der Waals surface area contributed by atoms with Gasteiger partial charge in [-0.2, -0.15) is 0 Å². The van der Waals surface area contributed by atoms with Crippen LogP contribution in [0.4, 0.5) is 0 Å². The Morgan fingerprint density at radius 1 is 1.19 bits per heavy atom. The zero-order valence-corrected chi connectivity index (χ0v) is 12.2. The molecule has 110 valence electrons. The third-order valence-electron chi connectivity index (χ3n) is 3.55. The van der Waals surface area contributed by atoms with Crippen molar-refractivity contribution in [2.24, 2.45) is 0 Å². The van der Waals surface area contributed by atoms with Gasteiger partial charge in [-0.15, -0.1) is 0 Å². The van der Waals surface area contributed by atoms with Crippen molar-refractivity contribution in [1.82, 2.24) is 0 Å². The molecular weight excluding hydrogens is 292 g/mol. The molecule has 0 amide bonds. The van der Waals surface area contributed by atoms with Crippen LogP contribution < -0.4 is 0 Å². The molecule has 6 nitrogen and oxygen atoms in total. The highest BCUT2D eigenvalue weighted by atomic mass is 28.1. The number of esters is 2. The summed E-state index contributed by atoms with van der Waals surface area (Å²) in [5.41, 5.74) is -2.86. The van der Waals surface area contributed by atoms with Crippen LogP contribution in [0, 0.1) is 0 Å². The molecule has 0 aromatic heterocycles. The summed E-state index contributed by atoms with van der Waals surface area (Å²) in [7, 11) is 0. The molecule has 7 heteroatoms. The minimum absolute atomic E-state index is 0. The Bertz CT molecular complexity index is 530. The minimum atomic E-state index is -1.44. The van der Waals surface area contributed by atoms with Gasteiger partial charge >= 0.3 is 11.9 Å². The molecule has 4 atom stereocenters. The standard InChI is InChI=1S/C14H14O6.Si/c1-3-7-17-11(15)13-6-5-9-10(19-9)14(13,20-13)12(16)18-8-4-2;/h3-6,9-10H,1-2,7-8H2;. The molecule has 2 heterocycles. The first-order valence-corrected chi connectivity index (χ1v) is 6.23. The third kappa shape index (κ3) is 2.00. The van der Waals surface area contributed by atoms with E-state index in [0.717, 1.165) is 0 Å². The normalized spacial score (nSPS) is 37.1. The average molecular weight is 306 g/mol. The first kappa shape index (κ1) is 15.7. The molecular formula is C14H14O6Si. The first-order chi connectivity index (χ1) is 9.62. The van der Waals surface area contributed by atoms with Crippen molar-refractivity contribution in [3.63, 3.8) is 0 Å². The number of hydrogen-bond acceptors (Lipinski definition) is 6. The third-order valence-corrected chi connectivity index (χ3v) is 3.55. The van der Waals surface area contributed by atoms with E-state index in [1.807, 2.05) is 0 Å². The zero-order chi connectivity index (χ0) is 14.4. The van der Waals surface area contributed by atoms with Crippen LogP contribution in [0.15, 0.2) is 37.5 Å². The highest BCUT2D eigenvalue weighted by Crippen LogP contribution is 2.62.